The van der Waals surface area contributed by atoms with Crippen molar-refractivity contribution in [1.29, 1.82) is 0 Å². The molecule has 1 saturated heterocycles. The molecule has 8 heteroatoms. The van der Waals surface area contributed by atoms with Crippen molar-refractivity contribution >= 4 is 11.9 Å². The molecule has 3 amide bonds. The van der Waals surface area contributed by atoms with E-state index in [9.17, 15) is 9.59 Å². The van der Waals surface area contributed by atoms with Gasteiger partial charge < -0.3 is 14.3 Å². The molecule has 0 spiro atoms. The van der Waals surface area contributed by atoms with Crippen LogP contribution >= 0.6 is 0 Å². The maximum Gasteiger partial charge on any atom is 0.325 e. The minimum atomic E-state index is -1.12. The van der Waals surface area contributed by atoms with Crippen LogP contribution in [0.5, 0.6) is 0 Å². The third-order valence-electron chi connectivity index (χ3n) is 4.16. The molecule has 4 rings (SSSR count). The van der Waals surface area contributed by atoms with E-state index in [0.29, 0.717) is 11.1 Å². The molecule has 1 unspecified atom stereocenters. The van der Waals surface area contributed by atoms with Crippen LogP contribution in [0.3, 0.4) is 0 Å². The predicted octanol–water partition coefficient (Wildman–Crippen LogP) is 2.30. The number of benzene rings is 1. The van der Waals surface area contributed by atoms with Crippen LogP contribution in [0.1, 0.15) is 18.3 Å². The van der Waals surface area contributed by atoms with Crippen LogP contribution in [-0.4, -0.2) is 27.0 Å². The highest BCUT2D eigenvalue weighted by molar-refractivity contribution is 6.07. The second-order valence-electron chi connectivity index (χ2n) is 5.84. The first-order chi connectivity index (χ1) is 12.1. The van der Waals surface area contributed by atoms with Crippen molar-refractivity contribution in [1.82, 2.24) is 20.4 Å². The number of amides is 3. The van der Waals surface area contributed by atoms with Crippen molar-refractivity contribution in [3.63, 3.8) is 0 Å². The van der Waals surface area contributed by atoms with Crippen LogP contribution in [-0.2, 0) is 16.9 Å². The van der Waals surface area contributed by atoms with E-state index in [2.05, 4.69) is 15.5 Å². The molecule has 1 fully saturated rings. The molecular weight excluding hydrogens is 324 g/mol. The summed E-state index contributed by atoms with van der Waals surface area (Å²) in [6.07, 6.45) is 2.96. The molecule has 25 heavy (non-hydrogen) atoms. The zero-order valence-corrected chi connectivity index (χ0v) is 13.3. The van der Waals surface area contributed by atoms with Crippen LogP contribution in [0.2, 0.25) is 0 Å². The van der Waals surface area contributed by atoms with Gasteiger partial charge in [0.15, 0.2) is 5.82 Å². The van der Waals surface area contributed by atoms with Gasteiger partial charge in [0, 0.05) is 0 Å². The van der Waals surface area contributed by atoms with E-state index in [1.54, 1.807) is 25.1 Å². The Balaban J connectivity index is 1.57. The van der Waals surface area contributed by atoms with Gasteiger partial charge in [-0.15, -0.1) is 0 Å². The minimum Gasteiger partial charge on any atom is -0.472 e. The average molecular weight is 338 g/mol. The molecule has 1 aromatic carbocycles. The van der Waals surface area contributed by atoms with Gasteiger partial charge in [-0.3, -0.25) is 9.69 Å². The summed E-state index contributed by atoms with van der Waals surface area (Å²) in [4.78, 5) is 30.4. The van der Waals surface area contributed by atoms with Gasteiger partial charge in [0.1, 0.15) is 11.8 Å². The van der Waals surface area contributed by atoms with E-state index in [0.717, 1.165) is 4.90 Å². The first-order valence-corrected chi connectivity index (χ1v) is 7.63. The van der Waals surface area contributed by atoms with Crippen molar-refractivity contribution in [2.24, 2.45) is 0 Å². The lowest BCUT2D eigenvalue weighted by atomic mass is 9.92. The number of imide groups is 1. The summed E-state index contributed by atoms with van der Waals surface area (Å²) in [5.41, 5.74) is 0.225. The Bertz CT molecular complexity index is 919. The molecule has 3 aromatic rings. The van der Waals surface area contributed by atoms with E-state index in [-0.39, 0.29) is 24.2 Å². The number of urea groups is 1. The minimum absolute atomic E-state index is 0.0750. The molecule has 0 saturated carbocycles. The highest BCUT2D eigenvalue weighted by Gasteiger charge is 2.49. The van der Waals surface area contributed by atoms with Gasteiger partial charge in [0.25, 0.3) is 11.8 Å². The summed E-state index contributed by atoms with van der Waals surface area (Å²) in [6, 6.07) is 10.3. The molecule has 1 atom stereocenters. The van der Waals surface area contributed by atoms with Gasteiger partial charge in [-0.25, -0.2) is 4.79 Å². The Kier molecular flexibility index (Phi) is 3.38. The van der Waals surface area contributed by atoms with E-state index in [4.69, 9.17) is 8.94 Å². The lowest BCUT2D eigenvalue weighted by Gasteiger charge is -2.21. The van der Waals surface area contributed by atoms with Crippen molar-refractivity contribution in [2.45, 2.75) is 19.0 Å². The van der Waals surface area contributed by atoms with Crippen LogP contribution in [0.15, 0.2) is 57.9 Å². The topological polar surface area (TPSA) is 101 Å². The number of hydrogen-bond donors (Lipinski definition) is 1. The summed E-state index contributed by atoms with van der Waals surface area (Å²) < 4.78 is 10.1. The fourth-order valence-corrected chi connectivity index (χ4v) is 2.77. The Morgan fingerprint density at radius 2 is 2.00 bits per heavy atom. The number of aromatic nitrogens is 2. The van der Waals surface area contributed by atoms with Crippen LogP contribution < -0.4 is 5.32 Å². The maximum absolute atomic E-state index is 12.8. The predicted molar refractivity (Wildman–Crippen MR) is 84.9 cm³/mol. The van der Waals surface area contributed by atoms with Gasteiger partial charge in [-0.1, -0.05) is 35.5 Å². The number of nitrogens with zero attached hydrogens (tertiary/aromatic N) is 3. The van der Waals surface area contributed by atoms with E-state index in [1.165, 1.54) is 12.5 Å². The van der Waals surface area contributed by atoms with Crippen molar-refractivity contribution in [3.8, 4) is 11.5 Å². The van der Waals surface area contributed by atoms with Crippen LogP contribution in [0.25, 0.3) is 11.5 Å². The summed E-state index contributed by atoms with van der Waals surface area (Å²) in [7, 11) is 0. The Hall–Kier alpha value is -3.42. The number of nitrogens with one attached hydrogen (secondary N) is 1. The maximum atomic E-state index is 12.8. The third-order valence-corrected chi connectivity index (χ3v) is 4.16. The molecule has 8 nitrogen and oxygen atoms in total. The average Bonchev–Trinajstić information content (AvgIpc) is 3.34. The largest absolute Gasteiger partial charge is 0.472 e. The Morgan fingerprint density at radius 1 is 1.20 bits per heavy atom. The van der Waals surface area contributed by atoms with Crippen LogP contribution in [0.4, 0.5) is 4.79 Å². The van der Waals surface area contributed by atoms with Crippen LogP contribution in [0, 0.1) is 0 Å². The first kappa shape index (κ1) is 15.1. The number of hydrogen-bond acceptors (Lipinski definition) is 6. The smallest absolute Gasteiger partial charge is 0.325 e. The molecule has 1 aliphatic rings. The molecule has 0 aliphatic carbocycles. The lowest BCUT2D eigenvalue weighted by Crippen LogP contribution is -2.40. The lowest BCUT2D eigenvalue weighted by molar-refractivity contribution is -0.131. The molecule has 3 heterocycles. The number of rotatable bonds is 4. The molecule has 2 aromatic heterocycles. The second kappa shape index (κ2) is 5.59. The van der Waals surface area contributed by atoms with Gasteiger partial charge in [0.05, 0.1) is 18.4 Å². The van der Waals surface area contributed by atoms with Gasteiger partial charge >= 0.3 is 6.03 Å². The molecule has 0 bridgehead atoms. The zero-order valence-electron chi connectivity index (χ0n) is 13.3. The zero-order chi connectivity index (χ0) is 17.4. The van der Waals surface area contributed by atoms with Crippen molar-refractivity contribution < 1.29 is 18.5 Å². The number of furan rings is 1. The summed E-state index contributed by atoms with van der Waals surface area (Å²) in [6.45, 7) is 1.60. The first-order valence-electron chi connectivity index (χ1n) is 7.63. The fraction of sp³-hybridized carbons (Fsp3) is 0.176. The summed E-state index contributed by atoms with van der Waals surface area (Å²) >= 11 is 0. The number of carbonyl (C=O) groups is 2. The Morgan fingerprint density at radius 3 is 2.72 bits per heavy atom. The fourth-order valence-electron chi connectivity index (χ4n) is 2.77. The van der Waals surface area contributed by atoms with E-state index >= 15 is 0 Å². The number of carbonyl (C=O) groups excluding carboxylic acids is 2. The van der Waals surface area contributed by atoms with Crippen molar-refractivity contribution in [2.75, 3.05) is 0 Å². The third kappa shape index (κ3) is 2.47. The second-order valence-corrected chi connectivity index (χ2v) is 5.84. The van der Waals surface area contributed by atoms with Gasteiger partial charge in [-0.05, 0) is 18.6 Å². The molecular formula is C17H14N4O4. The normalized spacial score (nSPS) is 20.1. The van der Waals surface area contributed by atoms with Gasteiger partial charge in [-0.2, -0.15) is 4.98 Å². The van der Waals surface area contributed by atoms with Crippen molar-refractivity contribution in [3.05, 3.63) is 60.3 Å². The van der Waals surface area contributed by atoms with E-state index in [1.807, 2.05) is 18.2 Å². The monoisotopic (exact) mass is 338 g/mol. The standard InChI is InChI=1S/C17H14N4O4/c1-17(12-5-3-2-4-6-12)15(22)21(16(23)19-17)9-13-18-14(25-20-13)11-7-8-24-10-11/h2-8,10H,9H2,1H3,(H,19,23). The summed E-state index contributed by atoms with van der Waals surface area (Å²) in [5, 5.41) is 6.56. The summed E-state index contributed by atoms with van der Waals surface area (Å²) in [5.74, 6) is 0.136. The quantitative estimate of drug-likeness (QED) is 0.732. The molecule has 0 radical (unpaired) electrons. The highest BCUT2D eigenvalue weighted by Crippen LogP contribution is 2.29. The van der Waals surface area contributed by atoms with E-state index < -0.39 is 11.6 Å². The Labute approximate surface area is 142 Å². The van der Waals surface area contributed by atoms with Gasteiger partial charge in [0.2, 0.25) is 0 Å². The molecule has 126 valence electrons. The molecule has 1 N–H and O–H groups in total. The SMILES string of the molecule is CC1(c2ccccc2)NC(=O)N(Cc2noc(-c3ccoc3)n2)C1=O. The molecule has 1 aliphatic heterocycles. The highest BCUT2D eigenvalue weighted by atomic mass is 16.5.